The predicted octanol–water partition coefficient (Wildman–Crippen LogP) is 6.30. The van der Waals surface area contributed by atoms with Crippen molar-refractivity contribution in [3.05, 3.63) is 90.1 Å². The van der Waals surface area contributed by atoms with Crippen LogP contribution in [0.1, 0.15) is 12.8 Å². The van der Waals surface area contributed by atoms with Crippen LogP contribution in [0.2, 0.25) is 0 Å². The second-order valence-electron chi connectivity index (χ2n) is 14.0. The van der Waals surface area contributed by atoms with Crippen molar-refractivity contribution >= 4 is 54.9 Å². The number of aliphatic carboxylic acids is 1. The van der Waals surface area contributed by atoms with E-state index in [0.717, 1.165) is 43.2 Å². The van der Waals surface area contributed by atoms with Crippen molar-refractivity contribution in [3.8, 4) is 22.7 Å². The summed E-state index contributed by atoms with van der Waals surface area (Å²) in [6.45, 7) is 4.02. The highest BCUT2D eigenvalue weighted by atomic mass is 32.2. The van der Waals surface area contributed by atoms with Gasteiger partial charge >= 0.3 is 12.1 Å². The maximum Gasteiger partial charge on any atom is 0.490 e. The third-order valence-corrected chi connectivity index (χ3v) is 11.8. The average Bonchev–Trinajstić information content (AvgIpc) is 3.90. The Morgan fingerprint density at radius 1 is 0.823 bits per heavy atom. The van der Waals surface area contributed by atoms with Gasteiger partial charge in [-0.3, -0.25) is 9.62 Å². The standard InChI is InChI=1S/C36H36F4N8O5S2.C2HF3O2/c1-54(49,50)20-19-46-15-17-47(18-16-46)31-10-8-24(22-28(31)40)42-35-41-12-11-29(43-35)33-32(44-36(53-33)48-13-2-3-14-48)23-7-9-25(37)30(21-23)45-55(51,52)34-26(38)5-4-6-27(34)39;3-2(4,5)1(6)7/h4-12,21-22,45H,2-3,13-20H2,1H3,(H,41,42,43);(H,6,7). The number of sulfonamides is 1. The average molecular weight is 915 g/mol. The van der Waals surface area contributed by atoms with Gasteiger partial charge in [0.2, 0.25) is 5.95 Å². The van der Waals surface area contributed by atoms with Gasteiger partial charge in [0, 0.05) is 69.5 Å². The summed E-state index contributed by atoms with van der Waals surface area (Å²) in [4.78, 5) is 27.0. The smallest absolute Gasteiger partial charge is 0.475 e. The minimum absolute atomic E-state index is 0.0706. The normalized spacial score (nSPS) is 15.0. The van der Waals surface area contributed by atoms with Gasteiger partial charge in [-0.25, -0.2) is 49.2 Å². The first kappa shape index (κ1) is 45.5. The lowest BCUT2D eigenvalue weighted by Gasteiger charge is -2.36. The zero-order valence-corrected chi connectivity index (χ0v) is 34.1. The molecule has 24 heteroatoms. The molecule has 0 unspecified atom stereocenters. The number of nitrogens with one attached hydrogen (secondary N) is 2. The number of aromatic nitrogens is 3. The first-order chi connectivity index (χ1) is 29.2. The molecule has 5 aromatic rings. The third-order valence-electron chi connectivity index (χ3n) is 9.49. The summed E-state index contributed by atoms with van der Waals surface area (Å²) in [5.41, 5.74) is 0.818. The Bertz CT molecular complexity index is 2640. The summed E-state index contributed by atoms with van der Waals surface area (Å²) in [6.07, 6.45) is -0.620. The van der Waals surface area contributed by atoms with Crippen molar-refractivity contribution < 1.29 is 61.9 Å². The molecule has 15 nitrogen and oxygen atoms in total. The summed E-state index contributed by atoms with van der Waals surface area (Å²) in [5, 5.41) is 10.1. The van der Waals surface area contributed by atoms with Crippen molar-refractivity contribution in [2.45, 2.75) is 23.9 Å². The van der Waals surface area contributed by atoms with Crippen LogP contribution >= 0.6 is 0 Å². The molecule has 0 spiro atoms. The number of carbonyl (C=O) groups is 1. The van der Waals surface area contributed by atoms with Gasteiger partial charge in [-0.1, -0.05) is 6.07 Å². The van der Waals surface area contributed by atoms with Gasteiger partial charge in [-0.05, 0) is 67.4 Å². The van der Waals surface area contributed by atoms with E-state index in [9.17, 15) is 38.8 Å². The molecule has 2 fully saturated rings. The van der Waals surface area contributed by atoms with Crippen LogP contribution in [0.4, 0.5) is 59.8 Å². The van der Waals surface area contributed by atoms with E-state index < -0.39 is 65.9 Å². The highest BCUT2D eigenvalue weighted by Gasteiger charge is 2.38. The molecule has 0 radical (unpaired) electrons. The van der Waals surface area contributed by atoms with Crippen LogP contribution in [-0.4, -0.2) is 112 Å². The number of rotatable bonds is 12. The van der Waals surface area contributed by atoms with Crippen LogP contribution in [0.15, 0.2) is 76.2 Å². The Hall–Kier alpha value is -6.01. The molecule has 0 saturated carbocycles. The fourth-order valence-electron chi connectivity index (χ4n) is 6.43. The van der Waals surface area contributed by atoms with Crippen LogP contribution < -0.4 is 19.8 Å². The van der Waals surface area contributed by atoms with Crippen LogP contribution in [-0.2, 0) is 24.7 Å². The van der Waals surface area contributed by atoms with Gasteiger partial charge in [-0.2, -0.15) is 18.2 Å². The van der Waals surface area contributed by atoms with Gasteiger partial charge in [0.05, 0.1) is 17.1 Å². The molecule has 2 aliphatic heterocycles. The molecule has 2 aromatic heterocycles. The minimum Gasteiger partial charge on any atom is -0.475 e. The van der Waals surface area contributed by atoms with Crippen molar-refractivity contribution in [1.82, 2.24) is 19.9 Å². The second kappa shape index (κ2) is 18.5. The van der Waals surface area contributed by atoms with E-state index in [-0.39, 0.29) is 40.4 Å². The fraction of sp³-hybridized carbons (Fsp3) is 0.316. The van der Waals surface area contributed by atoms with Gasteiger partial charge < -0.3 is 24.6 Å². The molecule has 332 valence electrons. The van der Waals surface area contributed by atoms with Gasteiger partial charge in [0.25, 0.3) is 16.0 Å². The summed E-state index contributed by atoms with van der Waals surface area (Å²) < 4.78 is 148. The van der Waals surface area contributed by atoms with Crippen LogP contribution in [0.25, 0.3) is 22.7 Å². The quantitative estimate of drug-likeness (QED) is 0.118. The number of nitrogens with zero attached hydrogens (tertiary/aromatic N) is 6. The number of alkyl halides is 3. The van der Waals surface area contributed by atoms with Gasteiger partial charge in [-0.15, -0.1) is 0 Å². The Morgan fingerprint density at radius 2 is 1.48 bits per heavy atom. The third kappa shape index (κ3) is 11.3. The second-order valence-corrected chi connectivity index (χ2v) is 17.9. The predicted molar refractivity (Wildman–Crippen MR) is 213 cm³/mol. The first-order valence-electron chi connectivity index (χ1n) is 18.6. The molecule has 0 atom stereocenters. The summed E-state index contributed by atoms with van der Waals surface area (Å²) in [6, 6.07) is 12.5. The topological polar surface area (TPSA) is 191 Å². The molecule has 7 rings (SSSR count). The fourth-order valence-corrected chi connectivity index (χ4v) is 8.22. The lowest BCUT2D eigenvalue weighted by Crippen LogP contribution is -2.47. The molecular weight excluding hydrogens is 878 g/mol. The number of carboxylic acids is 1. The van der Waals surface area contributed by atoms with Gasteiger partial charge in [0.1, 0.15) is 44.5 Å². The van der Waals surface area contributed by atoms with Crippen molar-refractivity contribution in [1.29, 1.82) is 0 Å². The van der Waals surface area contributed by atoms with Crippen LogP contribution in [0.3, 0.4) is 0 Å². The summed E-state index contributed by atoms with van der Waals surface area (Å²) in [5.74, 6) is -6.62. The SMILES string of the molecule is CS(=O)(=O)CCN1CCN(c2ccc(Nc3nccc(-c4oc(N5CCCC5)nc4-c4ccc(F)c(NS(=O)(=O)c5c(F)cccc5F)c4)n3)cc2F)CC1.O=C(O)C(F)(F)F. The number of oxazole rings is 1. The van der Waals surface area contributed by atoms with Crippen molar-refractivity contribution in [3.63, 3.8) is 0 Å². The zero-order valence-electron chi connectivity index (χ0n) is 32.5. The number of anilines is 5. The Balaban J connectivity index is 0.000000845. The number of carboxylic acid groups (broad SMARTS) is 1. The van der Waals surface area contributed by atoms with E-state index >= 15 is 8.78 Å². The molecule has 0 bridgehead atoms. The highest BCUT2D eigenvalue weighted by Crippen LogP contribution is 2.38. The molecule has 3 N–H and O–H groups in total. The highest BCUT2D eigenvalue weighted by molar-refractivity contribution is 7.92. The molecule has 0 amide bonds. The number of piperazine rings is 1. The van der Waals surface area contributed by atoms with Crippen LogP contribution in [0, 0.1) is 23.3 Å². The number of halogens is 7. The number of hydrogen-bond acceptors (Lipinski definition) is 13. The van der Waals surface area contributed by atoms with E-state index in [4.69, 9.17) is 14.3 Å². The maximum absolute atomic E-state index is 15.4. The largest absolute Gasteiger partial charge is 0.490 e. The number of hydrogen-bond donors (Lipinski definition) is 3. The molecule has 2 aliphatic rings. The Kier molecular flexibility index (Phi) is 13.6. The molecule has 4 heterocycles. The van der Waals surface area contributed by atoms with Crippen molar-refractivity contribution in [2.75, 3.05) is 77.7 Å². The van der Waals surface area contributed by atoms with E-state index in [0.29, 0.717) is 57.2 Å². The first-order valence-corrected chi connectivity index (χ1v) is 22.1. The van der Waals surface area contributed by atoms with Gasteiger partial charge in [0.15, 0.2) is 10.7 Å². The zero-order chi connectivity index (χ0) is 45.0. The maximum atomic E-state index is 15.4. The monoisotopic (exact) mass is 914 g/mol. The molecular formula is C38H37F7N8O7S2. The Labute approximate surface area is 350 Å². The number of benzene rings is 3. The molecule has 2 saturated heterocycles. The summed E-state index contributed by atoms with van der Waals surface area (Å²) in [7, 11) is -7.97. The molecule has 0 aliphatic carbocycles. The molecule has 3 aromatic carbocycles. The van der Waals surface area contributed by atoms with Crippen LogP contribution in [0.5, 0.6) is 0 Å². The lowest BCUT2D eigenvalue weighted by molar-refractivity contribution is -0.192. The van der Waals surface area contributed by atoms with E-state index in [1.807, 2.05) is 19.4 Å². The van der Waals surface area contributed by atoms with Crippen molar-refractivity contribution in [2.24, 2.45) is 0 Å². The molecule has 62 heavy (non-hydrogen) atoms. The number of sulfone groups is 1. The Morgan fingerprint density at radius 3 is 2.10 bits per heavy atom. The minimum atomic E-state index is -5.08. The van der Waals surface area contributed by atoms with E-state index in [1.165, 1.54) is 24.6 Å². The summed E-state index contributed by atoms with van der Waals surface area (Å²) >= 11 is 0. The lowest BCUT2D eigenvalue weighted by atomic mass is 10.1. The van der Waals surface area contributed by atoms with E-state index in [1.54, 1.807) is 18.2 Å². The van der Waals surface area contributed by atoms with E-state index in [2.05, 4.69) is 20.3 Å².